The molecule has 0 aliphatic carbocycles. The fourth-order valence-corrected chi connectivity index (χ4v) is 5.21. The quantitative estimate of drug-likeness (QED) is 0.254. The summed E-state index contributed by atoms with van der Waals surface area (Å²) < 4.78 is 10.9. The molecule has 1 N–H and O–H groups in total. The maximum Gasteiger partial charge on any atom is 0.119 e. The van der Waals surface area contributed by atoms with Crippen LogP contribution >= 0.6 is 23.2 Å². The molecule has 0 spiro atoms. The van der Waals surface area contributed by atoms with E-state index < -0.39 is 0 Å². The summed E-state index contributed by atoms with van der Waals surface area (Å²) >= 11 is 12.6. The van der Waals surface area contributed by atoms with Crippen LogP contribution in [0, 0.1) is 0 Å². The summed E-state index contributed by atoms with van der Waals surface area (Å²) in [5.74, 6) is 1.70. The largest absolute Gasteiger partial charge is 0.497 e. The van der Waals surface area contributed by atoms with Gasteiger partial charge in [-0.1, -0.05) is 59.6 Å². The Balaban J connectivity index is 1.23. The van der Waals surface area contributed by atoms with E-state index >= 15 is 0 Å². The number of piperazine rings is 1. The highest BCUT2D eigenvalue weighted by atomic mass is 35.5. The lowest BCUT2D eigenvalue weighted by Gasteiger charge is -2.36. The number of anilines is 1. The number of rotatable bonds is 12. The number of benzene rings is 3. The standard InChI is InChI=1S/C31H37Cl2N3O2/c1-37-26-10-5-8-24(22-26)28(25-9-6-11-27(23-25)38-2)14-16-34-15-3-4-17-35-18-20-36(21-19-35)30-13-7-12-29(32)31(30)33/h5-14,22-23,34H,3-4,15-21H2,1-2H3. The number of ether oxygens (including phenoxy) is 2. The fraction of sp³-hybridized carbons (Fsp3) is 0.355. The lowest BCUT2D eigenvalue weighted by Crippen LogP contribution is -2.46. The second-order valence-corrected chi connectivity index (χ2v) is 10.2. The molecule has 1 heterocycles. The third-order valence-electron chi connectivity index (χ3n) is 6.93. The Labute approximate surface area is 236 Å². The zero-order chi connectivity index (χ0) is 26.7. The molecule has 7 heteroatoms. The van der Waals surface area contributed by atoms with Crippen molar-refractivity contribution in [1.29, 1.82) is 0 Å². The maximum atomic E-state index is 6.41. The molecule has 1 aliphatic rings. The molecule has 1 fully saturated rings. The Bertz CT molecular complexity index is 1160. The average molecular weight is 555 g/mol. The molecule has 5 nitrogen and oxygen atoms in total. The predicted molar refractivity (Wildman–Crippen MR) is 160 cm³/mol. The molecule has 1 saturated heterocycles. The Morgan fingerprint density at radius 1 is 0.842 bits per heavy atom. The first-order chi connectivity index (χ1) is 18.6. The van der Waals surface area contributed by atoms with Crippen LogP contribution in [0.15, 0.2) is 72.8 Å². The van der Waals surface area contributed by atoms with Gasteiger partial charge in [-0.3, -0.25) is 4.90 Å². The molecule has 3 aromatic carbocycles. The molecular weight excluding hydrogens is 517 g/mol. The van der Waals surface area contributed by atoms with Crippen LogP contribution in [0.25, 0.3) is 5.57 Å². The van der Waals surface area contributed by atoms with Gasteiger partial charge in [0.1, 0.15) is 11.5 Å². The van der Waals surface area contributed by atoms with Crippen molar-refractivity contribution >= 4 is 34.5 Å². The summed E-state index contributed by atoms with van der Waals surface area (Å²) in [7, 11) is 3.40. The van der Waals surface area contributed by atoms with E-state index in [1.165, 1.54) is 6.42 Å². The van der Waals surface area contributed by atoms with Crippen LogP contribution in [0.2, 0.25) is 10.0 Å². The molecule has 1 aliphatic heterocycles. The van der Waals surface area contributed by atoms with Crippen LogP contribution in [0.3, 0.4) is 0 Å². The number of hydrogen-bond acceptors (Lipinski definition) is 5. The highest BCUT2D eigenvalue weighted by molar-refractivity contribution is 6.43. The molecule has 0 atom stereocenters. The topological polar surface area (TPSA) is 37.0 Å². The number of methoxy groups -OCH3 is 2. The van der Waals surface area contributed by atoms with Gasteiger partial charge >= 0.3 is 0 Å². The summed E-state index contributed by atoms with van der Waals surface area (Å²) in [5.41, 5.74) is 4.45. The van der Waals surface area contributed by atoms with Crippen molar-refractivity contribution in [2.24, 2.45) is 0 Å². The van der Waals surface area contributed by atoms with Gasteiger partial charge in [-0.2, -0.15) is 0 Å². The third-order valence-corrected chi connectivity index (χ3v) is 7.74. The van der Waals surface area contributed by atoms with Crippen molar-refractivity contribution in [3.8, 4) is 11.5 Å². The van der Waals surface area contributed by atoms with Gasteiger partial charge in [-0.25, -0.2) is 0 Å². The van der Waals surface area contributed by atoms with Crippen molar-refractivity contribution in [3.05, 3.63) is 94.0 Å². The van der Waals surface area contributed by atoms with Crippen molar-refractivity contribution < 1.29 is 9.47 Å². The van der Waals surface area contributed by atoms with Crippen molar-refractivity contribution in [1.82, 2.24) is 10.2 Å². The van der Waals surface area contributed by atoms with Gasteiger partial charge in [0.05, 0.1) is 30.0 Å². The second kappa shape index (κ2) is 14.5. The van der Waals surface area contributed by atoms with E-state index in [4.69, 9.17) is 32.7 Å². The number of nitrogens with zero attached hydrogens (tertiary/aromatic N) is 2. The summed E-state index contributed by atoms with van der Waals surface area (Å²) in [6.45, 7) is 6.93. The smallest absolute Gasteiger partial charge is 0.119 e. The fourth-order valence-electron chi connectivity index (χ4n) is 4.79. The lowest BCUT2D eigenvalue weighted by atomic mass is 9.97. The normalized spacial score (nSPS) is 13.8. The van der Waals surface area contributed by atoms with E-state index in [2.05, 4.69) is 51.5 Å². The average Bonchev–Trinajstić information content (AvgIpc) is 2.96. The first kappa shape index (κ1) is 28.3. The molecule has 0 saturated carbocycles. The molecule has 3 aromatic rings. The summed E-state index contributed by atoms with van der Waals surface area (Å²) in [6.07, 6.45) is 4.57. The van der Waals surface area contributed by atoms with E-state index in [-0.39, 0.29) is 0 Å². The highest BCUT2D eigenvalue weighted by Gasteiger charge is 2.19. The first-order valence-electron chi connectivity index (χ1n) is 13.2. The minimum atomic E-state index is 0.619. The molecule has 0 radical (unpaired) electrons. The van der Waals surface area contributed by atoms with Gasteiger partial charge in [0.25, 0.3) is 0 Å². The molecule has 0 amide bonds. The second-order valence-electron chi connectivity index (χ2n) is 9.39. The monoisotopic (exact) mass is 553 g/mol. The third kappa shape index (κ3) is 7.67. The zero-order valence-electron chi connectivity index (χ0n) is 22.3. The molecule has 0 bridgehead atoms. The van der Waals surface area contributed by atoms with Crippen molar-refractivity contribution in [2.75, 3.05) is 64.9 Å². The van der Waals surface area contributed by atoms with Crippen LogP contribution < -0.4 is 19.7 Å². The van der Waals surface area contributed by atoms with Crippen LogP contribution in [0.4, 0.5) is 5.69 Å². The summed E-state index contributed by atoms with van der Waals surface area (Å²) in [5, 5.41) is 4.87. The van der Waals surface area contributed by atoms with E-state index in [0.717, 1.165) is 86.1 Å². The minimum absolute atomic E-state index is 0.619. The first-order valence-corrected chi connectivity index (χ1v) is 14.0. The zero-order valence-corrected chi connectivity index (χ0v) is 23.8. The number of unbranched alkanes of at least 4 members (excludes halogenated alkanes) is 1. The van der Waals surface area contributed by atoms with Crippen LogP contribution in [-0.2, 0) is 0 Å². The number of hydrogen-bond donors (Lipinski definition) is 1. The van der Waals surface area contributed by atoms with Crippen LogP contribution in [-0.4, -0.2) is 64.9 Å². The molecule has 4 rings (SSSR count). The predicted octanol–water partition coefficient (Wildman–Crippen LogP) is 6.63. The van der Waals surface area contributed by atoms with E-state index in [1.54, 1.807) is 14.2 Å². The Kier molecular flexibility index (Phi) is 10.8. The summed E-state index contributed by atoms with van der Waals surface area (Å²) in [6, 6.07) is 22.2. The number of halogens is 2. The van der Waals surface area contributed by atoms with Gasteiger partial charge < -0.3 is 19.7 Å². The van der Waals surface area contributed by atoms with E-state index in [1.807, 2.05) is 36.4 Å². The SMILES string of the molecule is COc1cccc(C(=CCNCCCCN2CCN(c3cccc(Cl)c3Cl)CC2)c2cccc(OC)c2)c1. The maximum absolute atomic E-state index is 6.41. The van der Waals surface area contributed by atoms with Crippen molar-refractivity contribution in [3.63, 3.8) is 0 Å². The van der Waals surface area contributed by atoms with Gasteiger partial charge in [0, 0.05) is 32.7 Å². The lowest BCUT2D eigenvalue weighted by molar-refractivity contribution is 0.253. The molecule has 202 valence electrons. The van der Waals surface area contributed by atoms with Crippen molar-refractivity contribution in [2.45, 2.75) is 12.8 Å². The van der Waals surface area contributed by atoms with Gasteiger partial charge in [0.15, 0.2) is 0 Å². The van der Waals surface area contributed by atoms with E-state index in [9.17, 15) is 0 Å². The van der Waals surface area contributed by atoms with Gasteiger partial charge in [-0.05, 0) is 79.0 Å². The molecule has 38 heavy (non-hydrogen) atoms. The Morgan fingerprint density at radius 2 is 1.47 bits per heavy atom. The minimum Gasteiger partial charge on any atom is -0.497 e. The molecule has 0 unspecified atom stereocenters. The van der Waals surface area contributed by atoms with Crippen LogP contribution in [0.5, 0.6) is 11.5 Å². The Morgan fingerprint density at radius 3 is 2.11 bits per heavy atom. The van der Waals surface area contributed by atoms with Gasteiger partial charge in [0.2, 0.25) is 0 Å². The Hall–Kier alpha value is -2.70. The van der Waals surface area contributed by atoms with Gasteiger partial charge in [-0.15, -0.1) is 0 Å². The molecule has 0 aromatic heterocycles. The number of nitrogens with one attached hydrogen (secondary N) is 1. The summed E-state index contributed by atoms with van der Waals surface area (Å²) in [4.78, 5) is 4.87. The highest BCUT2D eigenvalue weighted by Crippen LogP contribution is 2.33. The van der Waals surface area contributed by atoms with E-state index in [0.29, 0.717) is 10.0 Å². The van der Waals surface area contributed by atoms with Crippen LogP contribution in [0.1, 0.15) is 24.0 Å². The molecular formula is C31H37Cl2N3O2.